The highest BCUT2D eigenvalue weighted by atomic mass is 16.3. The summed E-state index contributed by atoms with van der Waals surface area (Å²) in [5.74, 6) is -2.39. The number of carbonyl (C=O) groups is 2. The van der Waals surface area contributed by atoms with Crippen molar-refractivity contribution >= 4 is 17.4 Å². The molecule has 1 atom stereocenters. The average Bonchev–Trinajstić information content (AvgIpc) is 2.22. The third-order valence-corrected chi connectivity index (χ3v) is 1.93. The minimum atomic E-state index is -1.30. The number of aromatic hydroxyl groups is 1. The van der Waals surface area contributed by atoms with Crippen molar-refractivity contribution in [2.75, 3.05) is 5.32 Å². The molecule has 82 valence electrons. The summed E-state index contributed by atoms with van der Waals surface area (Å²) in [4.78, 5) is 22.4. The molecule has 5 heteroatoms. The standard InChI is InChI=1S/C11H10N2O3/c1-7(14)10(6-12)11(16)13-8-2-4-9(15)5-3-8/h2-5,10,15H,1H3,(H,13,16). The Morgan fingerprint density at radius 2 is 1.94 bits per heavy atom. The quantitative estimate of drug-likeness (QED) is 0.586. The monoisotopic (exact) mass is 218 g/mol. The number of ketones is 1. The van der Waals surface area contributed by atoms with Gasteiger partial charge in [0.1, 0.15) is 5.75 Å². The predicted octanol–water partition coefficient (Wildman–Crippen LogP) is 1.06. The van der Waals surface area contributed by atoms with Crippen LogP contribution in [0.15, 0.2) is 24.3 Å². The van der Waals surface area contributed by atoms with Gasteiger partial charge in [-0.2, -0.15) is 5.26 Å². The second-order valence-electron chi connectivity index (χ2n) is 3.21. The Hall–Kier alpha value is -2.35. The van der Waals surface area contributed by atoms with E-state index in [9.17, 15) is 9.59 Å². The largest absolute Gasteiger partial charge is 0.508 e. The number of phenols is 1. The highest BCUT2D eigenvalue weighted by Crippen LogP contribution is 2.14. The number of hydrogen-bond donors (Lipinski definition) is 2. The van der Waals surface area contributed by atoms with E-state index in [1.165, 1.54) is 31.2 Å². The maximum atomic E-state index is 11.5. The van der Waals surface area contributed by atoms with Crippen LogP contribution < -0.4 is 5.32 Å². The van der Waals surface area contributed by atoms with Gasteiger partial charge in [-0.1, -0.05) is 0 Å². The molecule has 5 nitrogen and oxygen atoms in total. The Labute approximate surface area is 92.3 Å². The van der Waals surface area contributed by atoms with E-state index >= 15 is 0 Å². The molecule has 1 aromatic rings. The molecule has 0 aliphatic rings. The zero-order valence-electron chi connectivity index (χ0n) is 8.60. The average molecular weight is 218 g/mol. The number of carbonyl (C=O) groups excluding carboxylic acids is 2. The second-order valence-corrected chi connectivity index (χ2v) is 3.21. The topological polar surface area (TPSA) is 90.2 Å². The Morgan fingerprint density at radius 1 is 1.38 bits per heavy atom. The number of amides is 1. The van der Waals surface area contributed by atoms with Gasteiger partial charge >= 0.3 is 0 Å². The van der Waals surface area contributed by atoms with Crippen LogP contribution in [0.3, 0.4) is 0 Å². The molecule has 16 heavy (non-hydrogen) atoms. The fourth-order valence-corrected chi connectivity index (χ4v) is 1.09. The van der Waals surface area contributed by atoms with Crippen LogP contribution in [0, 0.1) is 17.2 Å². The molecule has 0 radical (unpaired) electrons. The molecule has 2 N–H and O–H groups in total. The second kappa shape index (κ2) is 4.94. The first-order valence-electron chi connectivity index (χ1n) is 4.54. The fourth-order valence-electron chi connectivity index (χ4n) is 1.09. The lowest BCUT2D eigenvalue weighted by molar-refractivity contribution is -0.127. The first-order valence-corrected chi connectivity index (χ1v) is 4.54. The molecule has 0 saturated heterocycles. The maximum absolute atomic E-state index is 11.5. The minimum Gasteiger partial charge on any atom is -0.508 e. The van der Waals surface area contributed by atoms with Crippen molar-refractivity contribution in [1.29, 1.82) is 5.26 Å². The Kier molecular flexibility index (Phi) is 3.62. The molecule has 0 fully saturated rings. The lowest BCUT2D eigenvalue weighted by Crippen LogP contribution is -2.26. The van der Waals surface area contributed by atoms with Gasteiger partial charge < -0.3 is 10.4 Å². The molecule has 0 aromatic heterocycles. The van der Waals surface area contributed by atoms with Gasteiger partial charge in [-0.3, -0.25) is 9.59 Å². The van der Waals surface area contributed by atoms with Crippen molar-refractivity contribution in [3.8, 4) is 11.8 Å². The van der Waals surface area contributed by atoms with Crippen molar-refractivity contribution in [3.63, 3.8) is 0 Å². The number of rotatable bonds is 3. The number of benzene rings is 1. The molecule has 0 heterocycles. The number of anilines is 1. The number of Topliss-reactive ketones (excluding diaryl/α,β-unsaturated/α-hetero) is 1. The van der Waals surface area contributed by atoms with Gasteiger partial charge in [-0.05, 0) is 31.2 Å². The lowest BCUT2D eigenvalue weighted by Gasteiger charge is -2.07. The highest BCUT2D eigenvalue weighted by molar-refractivity contribution is 6.08. The summed E-state index contributed by atoms with van der Waals surface area (Å²) in [7, 11) is 0. The van der Waals surface area contributed by atoms with Crippen LogP contribution in [-0.2, 0) is 9.59 Å². The zero-order valence-corrected chi connectivity index (χ0v) is 8.60. The van der Waals surface area contributed by atoms with Crippen molar-refractivity contribution < 1.29 is 14.7 Å². The first-order chi connectivity index (χ1) is 7.54. The van der Waals surface area contributed by atoms with Crippen LogP contribution in [0.25, 0.3) is 0 Å². The SMILES string of the molecule is CC(=O)C(C#N)C(=O)Nc1ccc(O)cc1. The van der Waals surface area contributed by atoms with Crippen LogP contribution in [0.1, 0.15) is 6.92 Å². The zero-order chi connectivity index (χ0) is 12.1. The summed E-state index contributed by atoms with van der Waals surface area (Å²) in [5, 5.41) is 20.0. The third-order valence-electron chi connectivity index (χ3n) is 1.93. The molecular weight excluding hydrogens is 208 g/mol. The fraction of sp³-hybridized carbons (Fsp3) is 0.182. The molecule has 1 amide bonds. The number of nitrogens with one attached hydrogen (secondary N) is 1. The maximum Gasteiger partial charge on any atom is 0.249 e. The summed E-state index contributed by atoms with van der Waals surface area (Å²) in [6.07, 6.45) is 0. The Morgan fingerprint density at radius 3 is 2.38 bits per heavy atom. The van der Waals surface area contributed by atoms with Gasteiger partial charge in [-0.25, -0.2) is 0 Å². The van der Waals surface area contributed by atoms with Crippen LogP contribution >= 0.6 is 0 Å². The van der Waals surface area contributed by atoms with E-state index in [0.717, 1.165) is 0 Å². The summed E-state index contributed by atoms with van der Waals surface area (Å²) in [6.45, 7) is 1.18. The molecule has 1 unspecified atom stereocenters. The van der Waals surface area contributed by atoms with Crippen LogP contribution in [0.4, 0.5) is 5.69 Å². The van der Waals surface area contributed by atoms with Gasteiger partial charge in [0.2, 0.25) is 5.91 Å². The van der Waals surface area contributed by atoms with E-state index in [1.807, 2.05) is 0 Å². The van der Waals surface area contributed by atoms with Gasteiger partial charge in [0.15, 0.2) is 11.7 Å². The molecule has 0 bridgehead atoms. The Bertz CT molecular complexity index is 445. The highest BCUT2D eigenvalue weighted by Gasteiger charge is 2.22. The van der Waals surface area contributed by atoms with Crippen molar-refractivity contribution in [3.05, 3.63) is 24.3 Å². The van der Waals surface area contributed by atoms with E-state index in [0.29, 0.717) is 5.69 Å². The van der Waals surface area contributed by atoms with Crippen molar-refractivity contribution in [2.45, 2.75) is 6.92 Å². The summed E-state index contributed by atoms with van der Waals surface area (Å²) in [5.41, 5.74) is 0.421. The van der Waals surface area contributed by atoms with Crippen molar-refractivity contribution in [2.24, 2.45) is 5.92 Å². The molecule has 1 aromatic carbocycles. The van der Waals surface area contributed by atoms with E-state index in [1.54, 1.807) is 6.07 Å². The van der Waals surface area contributed by atoms with Gasteiger partial charge in [0, 0.05) is 5.69 Å². The van der Waals surface area contributed by atoms with Crippen LogP contribution in [0.2, 0.25) is 0 Å². The first kappa shape index (κ1) is 11.7. The van der Waals surface area contributed by atoms with Gasteiger partial charge in [0.05, 0.1) is 6.07 Å². The van der Waals surface area contributed by atoms with E-state index in [-0.39, 0.29) is 5.75 Å². The molecule has 1 rings (SSSR count). The van der Waals surface area contributed by atoms with Crippen LogP contribution in [-0.4, -0.2) is 16.8 Å². The van der Waals surface area contributed by atoms with Gasteiger partial charge in [-0.15, -0.1) is 0 Å². The number of nitrogens with zero attached hydrogens (tertiary/aromatic N) is 1. The number of phenolic OH excluding ortho intramolecular Hbond substituents is 1. The molecule has 0 spiro atoms. The summed E-state index contributed by atoms with van der Waals surface area (Å²) < 4.78 is 0. The van der Waals surface area contributed by atoms with Crippen LogP contribution in [0.5, 0.6) is 5.75 Å². The van der Waals surface area contributed by atoms with Crippen molar-refractivity contribution in [1.82, 2.24) is 0 Å². The molecule has 0 aliphatic carbocycles. The minimum absolute atomic E-state index is 0.0707. The molecule has 0 aliphatic heterocycles. The lowest BCUT2D eigenvalue weighted by atomic mass is 10.1. The Balaban J connectivity index is 2.75. The summed E-state index contributed by atoms with van der Waals surface area (Å²) >= 11 is 0. The van der Waals surface area contributed by atoms with E-state index in [2.05, 4.69) is 5.32 Å². The number of nitriles is 1. The van der Waals surface area contributed by atoms with E-state index in [4.69, 9.17) is 10.4 Å². The predicted molar refractivity (Wildman–Crippen MR) is 56.5 cm³/mol. The molecular formula is C11H10N2O3. The normalized spacial score (nSPS) is 11.2. The summed E-state index contributed by atoms with van der Waals surface area (Å²) in [6, 6.07) is 7.36. The smallest absolute Gasteiger partial charge is 0.249 e. The third kappa shape index (κ3) is 2.82. The molecule has 0 saturated carbocycles. The van der Waals surface area contributed by atoms with Gasteiger partial charge in [0.25, 0.3) is 0 Å². The number of hydrogen-bond acceptors (Lipinski definition) is 4. The van der Waals surface area contributed by atoms with E-state index < -0.39 is 17.6 Å².